The van der Waals surface area contributed by atoms with Crippen molar-refractivity contribution in [3.63, 3.8) is 0 Å². The fourth-order valence-electron chi connectivity index (χ4n) is 4.61. The van der Waals surface area contributed by atoms with Crippen LogP contribution in [-0.2, 0) is 4.74 Å². The molecule has 2 amide bonds. The number of unbranched alkanes of at least 4 members (excludes halogenated alkanes) is 1. The third kappa shape index (κ3) is 4.87. The summed E-state index contributed by atoms with van der Waals surface area (Å²) in [5.74, 6) is 1.44. The number of piperidine rings is 1. The van der Waals surface area contributed by atoms with Crippen molar-refractivity contribution in [3.8, 4) is 0 Å². The van der Waals surface area contributed by atoms with Crippen LogP contribution < -0.4 is 5.73 Å². The van der Waals surface area contributed by atoms with Crippen molar-refractivity contribution in [3.05, 3.63) is 0 Å². The third-order valence-corrected chi connectivity index (χ3v) is 5.72. The number of carbonyl (C=O) groups excluding carboxylic acids is 1. The summed E-state index contributed by atoms with van der Waals surface area (Å²) in [6.07, 6.45) is 13.9. The Balaban J connectivity index is 2.01. The second kappa shape index (κ2) is 9.39. The van der Waals surface area contributed by atoms with Gasteiger partial charge in [0.2, 0.25) is 0 Å². The first kappa shape index (κ1) is 17.6. The van der Waals surface area contributed by atoms with E-state index in [0.717, 1.165) is 38.3 Å². The van der Waals surface area contributed by atoms with Crippen LogP contribution in [0.15, 0.2) is 0 Å². The van der Waals surface area contributed by atoms with Gasteiger partial charge in [-0.3, -0.25) is 0 Å². The van der Waals surface area contributed by atoms with Crippen molar-refractivity contribution in [1.82, 2.24) is 4.90 Å². The summed E-state index contributed by atoms with van der Waals surface area (Å²) in [7, 11) is 1.77. The molecule has 4 nitrogen and oxygen atoms in total. The zero-order valence-corrected chi connectivity index (χ0v) is 14.3. The Morgan fingerprint density at radius 3 is 2.55 bits per heavy atom. The van der Waals surface area contributed by atoms with E-state index in [-0.39, 0.29) is 6.03 Å². The first-order valence-electron chi connectivity index (χ1n) is 9.29. The molecule has 1 unspecified atom stereocenters. The van der Waals surface area contributed by atoms with Crippen LogP contribution in [0.5, 0.6) is 0 Å². The zero-order valence-electron chi connectivity index (χ0n) is 14.3. The van der Waals surface area contributed by atoms with E-state index in [4.69, 9.17) is 10.5 Å². The number of primary amides is 1. The van der Waals surface area contributed by atoms with E-state index in [9.17, 15) is 4.79 Å². The molecule has 1 aliphatic heterocycles. The van der Waals surface area contributed by atoms with Gasteiger partial charge in [0.15, 0.2) is 0 Å². The lowest BCUT2D eigenvalue weighted by atomic mass is 9.72. The fraction of sp³-hybridized carbons (Fsp3) is 0.944. The molecule has 0 aromatic carbocycles. The topological polar surface area (TPSA) is 55.6 Å². The van der Waals surface area contributed by atoms with E-state index in [2.05, 4.69) is 0 Å². The van der Waals surface area contributed by atoms with E-state index in [1.807, 2.05) is 4.90 Å². The number of amides is 2. The molecule has 1 saturated carbocycles. The van der Waals surface area contributed by atoms with Gasteiger partial charge < -0.3 is 15.4 Å². The first-order chi connectivity index (χ1) is 10.7. The lowest BCUT2D eigenvalue weighted by Gasteiger charge is -2.43. The highest BCUT2D eigenvalue weighted by molar-refractivity contribution is 5.72. The normalized spacial score (nSPS) is 25.1. The van der Waals surface area contributed by atoms with Gasteiger partial charge in [0.1, 0.15) is 0 Å². The molecule has 22 heavy (non-hydrogen) atoms. The van der Waals surface area contributed by atoms with Crippen LogP contribution in [0.3, 0.4) is 0 Å². The molecule has 2 aliphatic rings. The van der Waals surface area contributed by atoms with Crippen molar-refractivity contribution in [1.29, 1.82) is 0 Å². The van der Waals surface area contributed by atoms with Crippen LogP contribution in [0.2, 0.25) is 0 Å². The van der Waals surface area contributed by atoms with Crippen LogP contribution in [0, 0.1) is 11.8 Å². The second-order valence-electron chi connectivity index (χ2n) is 7.15. The SMILES string of the molecule is COCCCC[C@H](C1CCCCC1)C1CCCCN1C(N)=O. The summed E-state index contributed by atoms with van der Waals surface area (Å²) in [5.41, 5.74) is 5.67. The van der Waals surface area contributed by atoms with Gasteiger partial charge in [-0.25, -0.2) is 4.79 Å². The quantitative estimate of drug-likeness (QED) is 0.724. The van der Waals surface area contributed by atoms with Gasteiger partial charge in [0.25, 0.3) is 0 Å². The minimum atomic E-state index is -0.206. The molecule has 2 N–H and O–H groups in total. The number of likely N-dealkylation sites (tertiary alicyclic amines) is 1. The summed E-state index contributed by atoms with van der Waals surface area (Å²) < 4.78 is 5.19. The Morgan fingerprint density at radius 2 is 1.86 bits per heavy atom. The van der Waals surface area contributed by atoms with Crippen molar-refractivity contribution in [2.45, 2.75) is 76.7 Å². The van der Waals surface area contributed by atoms with Gasteiger partial charge >= 0.3 is 6.03 Å². The van der Waals surface area contributed by atoms with Crippen LogP contribution in [0.1, 0.15) is 70.6 Å². The predicted octanol–water partition coefficient (Wildman–Crippen LogP) is 3.93. The number of nitrogens with zero attached hydrogens (tertiary/aromatic N) is 1. The fourth-order valence-corrected chi connectivity index (χ4v) is 4.61. The van der Waals surface area contributed by atoms with Crippen LogP contribution in [0.4, 0.5) is 4.79 Å². The number of hydrogen-bond acceptors (Lipinski definition) is 2. The first-order valence-corrected chi connectivity index (χ1v) is 9.29. The molecule has 0 radical (unpaired) electrons. The minimum Gasteiger partial charge on any atom is -0.385 e. The maximum absolute atomic E-state index is 11.9. The molecule has 1 heterocycles. The van der Waals surface area contributed by atoms with Crippen LogP contribution >= 0.6 is 0 Å². The van der Waals surface area contributed by atoms with Gasteiger partial charge in [-0.05, 0) is 43.9 Å². The number of methoxy groups -OCH3 is 1. The van der Waals surface area contributed by atoms with E-state index in [1.165, 1.54) is 51.4 Å². The van der Waals surface area contributed by atoms with Crippen LogP contribution in [-0.4, -0.2) is 37.2 Å². The molecule has 0 bridgehead atoms. The van der Waals surface area contributed by atoms with Gasteiger partial charge in [-0.2, -0.15) is 0 Å². The Bertz CT molecular complexity index is 329. The highest BCUT2D eigenvalue weighted by Gasteiger charge is 2.36. The van der Waals surface area contributed by atoms with Gasteiger partial charge in [-0.1, -0.05) is 38.5 Å². The van der Waals surface area contributed by atoms with Gasteiger partial charge in [-0.15, -0.1) is 0 Å². The van der Waals surface area contributed by atoms with Crippen molar-refractivity contribution < 1.29 is 9.53 Å². The lowest BCUT2D eigenvalue weighted by Crippen LogP contribution is -2.51. The van der Waals surface area contributed by atoms with Gasteiger partial charge in [0, 0.05) is 26.3 Å². The minimum absolute atomic E-state index is 0.206. The molecule has 0 aromatic rings. The average Bonchev–Trinajstić information content (AvgIpc) is 2.56. The molecular formula is C18H34N2O2. The van der Waals surface area contributed by atoms with E-state index in [0.29, 0.717) is 12.0 Å². The summed E-state index contributed by atoms with van der Waals surface area (Å²) in [5, 5.41) is 0. The summed E-state index contributed by atoms with van der Waals surface area (Å²) >= 11 is 0. The van der Waals surface area contributed by atoms with Crippen molar-refractivity contribution in [2.75, 3.05) is 20.3 Å². The standard InChI is InChI=1S/C18H34N2O2/c1-22-14-8-6-11-16(15-9-3-2-4-10-15)17-12-5-7-13-20(17)18(19)21/h15-17H,2-14H2,1H3,(H2,19,21)/t16-,17?/m1/s1. The third-order valence-electron chi connectivity index (χ3n) is 5.72. The molecule has 0 aromatic heterocycles. The number of urea groups is 1. The molecule has 2 rings (SSSR count). The number of carbonyl (C=O) groups is 1. The van der Waals surface area contributed by atoms with E-state index in [1.54, 1.807) is 7.11 Å². The molecule has 4 heteroatoms. The van der Waals surface area contributed by atoms with E-state index >= 15 is 0 Å². The Hall–Kier alpha value is -0.770. The maximum atomic E-state index is 11.9. The number of hydrogen-bond donors (Lipinski definition) is 1. The summed E-state index contributed by atoms with van der Waals surface area (Å²) in [6.45, 7) is 1.71. The smallest absolute Gasteiger partial charge is 0.315 e. The van der Waals surface area contributed by atoms with Crippen LogP contribution in [0.25, 0.3) is 0 Å². The molecule has 128 valence electrons. The molecule has 1 aliphatic carbocycles. The molecular weight excluding hydrogens is 276 g/mol. The predicted molar refractivity (Wildman–Crippen MR) is 89.7 cm³/mol. The number of rotatable bonds is 7. The largest absolute Gasteiger partial charge is 0.385 e. The zero-order chi connectivity index (χ0) is 15.8. The highest BCUT2D eigenvalue weighted by Crippen LogP contribution is 2.38. The van der Waals surface area contributed by atoms with E-state index < -0.39 is 0 Å². The Morgan fingerprint density at radius 1 is 1.14 bits per heavy atom. The van der Waals surface area contributed by atoms with Gasteiger partial charge in [0.05, 0.1) is 0 Å². The molecule has 1 saturated heterocycles. The molecule has 0 spiro atoms. The highest BCUT2D eigenvalue weighted by atomic mass is 16.5. The number of nitrogens with two attached hydrogens (primary N) is 1. The summed E-state index contributed by atoms with van der Waals surface area (Å²) in [6, 6.07) is 0.180. The van der Waals surface area contributed by atoms with Crippen molar-refractivity contribution in [2.24, 2.45) is 17.6 Å². The molecule has 2 atom stereocenters. The second-order valence-corrected chi connectivity index (χ2v) is 7.15. The average molecular weight is 310 g/mol. The Kier molecular flexibility index (Phi) is 7.50. The lowest BCUT2D eigenvalue weighted by molar-refractivity contribution is 0.0765. The Labute approximate surface area is 135 Å². The monoisotopic (exact) mass is 310 g/mol. The maximum Gasteiger partial charge on any atom is 0.315 e. The summed E-state index contributed by atoms with van der Waals surface area (Å²) in [4.78, 5) is 13.8. The number of ether oxygens (including phenoxy) is 1. The molecule has 2 fully saturated rings. The van der Waals surface area contributed by atoms with Crippen molar-refractivity contribution >= 4 is 6.03 Å².